The Balaban J connectivity index is 1.55. The third-order valence-electron chi connectivity index (χ3n) is 5.51. The van der Waals surface area contributed by atoms with Crippen LogP contribution in [-0.2, 0) is 6.54 Å². The van der Waals surface area contributed by atoms with Gasteiger partial charge in [-0.15, -0.1) is 0 Å². The molecule has 0 spiro atoms. The molecule has 4 heterocycles. The number of hydrogen-bond donors (Lipinski definition) is 1. The number of carbonyl (C=O) groups excluding carboxylic acids is 2. The summed E-state index contributed by atoms with van der Waals surface area (Å²) in [5.41, 5.74) is 4.43. The van der Waals surface area contributed by atoms with E-state index in [0.29, 0.717) is 42.6 Å². The van der Waals surface area contributed by atoms with Gasteiger partial charge in [-0.05, 0) is 36.6 Å². The molecule has 0 aliphatic carbocycles. The number of rotatable bonds is 2. The first-order valence-electron chi connectivity index (χ1n) is 9.43. The van der Waals surface area contributed by atoms with Gasteiger partial charge in [-0.1, -0.05) is 18.2 Å². The van der Waals surface area contributed by atoms with Crippen LogP contribution in [0.1, 0.15) is 39.1 Å². The maximum atomic E-state index is 13.7. The summed E-state index contributed by atoms with van der Waals surface area (Å²) >= 11 is 0. The predicted octanol–water partition coefficient (Wildman–Crippen LogP) is 2.82. The summed E-state index contributed by atoms with van der Waals surface area (Å²) in [4.78, 5) is 26.5. The van der Waals surface area contributed by atoms with Crippen molar-refractivity contribution in [2.45, 2.75) is 25.6 Å². The standard InChI is InChI=1S/C21H19FN4O2/c22-15-3-2-8-25(12-15)21(28)17-11-24-26-18(4-1-5-19(17)26)13-6-7-14-10-23-20(27)16(14)9-13/h1,4-7,9,11,15H,2-3,8,10,12H2,(H,23,27). The van der Waals surface area contributed by atoms with E-state index in [1.165, 1.54) is 0 Å². The first-order valence-corrected chi connectivity index (χ1v) is 9.43. The number of piperidine rings is 1. The molecule has 5 rings (SSSR count). The summed E-state index contributed by atoms with van der Waals surface area (Å²) in [5.74, 6) is -0.269. The molecule has 142 valence electrons. The molecule has 1 unspecified atom stereocenters. The number of nitrogens with one attached hydrogen (secondary N) is 1. The van der Waals surface area contributed by atoms with Gasteiger partial charge in [0.2, 0.25) is 0 Å². The number of halogens is 1. The van der Waals surface area contributed by atoms with Crippen molar-refractivity contribution in [3.05, 3.63) is 59.3 Å². The van der Waals surface area contributed by atoms with Crippen molar-refractivity contribution in [3.63, 3.8) is 0 Å². The summed E-state index contributed by atoms with van der Waals surface area (Å²) in [6.45, 7) is 1.25. The Morgan fingerprint density at radius 2 is 2.14 bits per heavy atom. The number of hydrogen-bond acceptors (Lipinski definition) is 3. The SMILES string of the molecule is O=C1NCc2ccc(-c3cccc4c(C(=O)N5CCCC(F)C5)cnn34)cc21. The van der Waals surface area contributed by atoms with E-state index in [1.807, 2.05) is 36.4 Å². The van der Waals surface area contributed by atoms with Gasteiger partial charge < -0.3 is 10.2 Å². The molecule has 1 N–H and O–H groups in total. The molecule has 1 atom stereocenters. The first kappa shape index (κ1) is 16.9. The number of amides is 2. The lowest BCUT2D eigenvalue weighted by Gasteiger charge is -2.28. The Hall–Kier alpha value is -3.22. The van der Waals surface area contributed by atoms with Crippen LogP contribution in [0.4, 0.5) is 4.39 Å². The van der Waals surface area contributed by atoms with Crippen molar-refractivity contribution in [1.29, 1.82) is 0 Å². The number of benzene rings is 1. The fourth-order valence-electron chi connectivity index (χ4n) is 4.05. The predicted molar refractivity (Wildman–Crippen MR) is 102 cm³/mol. The average molecular weight is 378 g/mol. The average Bonchev–Trinajstić information content (AvgIpc) is 3.31. The molecule has 2 aromatic heterocycles. The third kappa shape index (κ3) is 2.66. The number of nitrogens with zero attached hydrogens (tertiary/aromatic N) is 3. The highest BCUT2D eigenvalue weighted by molar-refractivity contribution is 6.01. The lowest BCUT2D eigenvalue weighted by atomic mass is 10.0. The van der Waals surface area contributed by atoms with Crippen LogP contribution >= 0.6 is 0 Å². The van der Waals surface area contributed by atoms with Gasteiger partial charge in [0.25, 0.3) is 11.8 Å². The Labute approximate surface area is 161 Å². The zero-order chi connectivity index (χ0) is 19.3. The highest BCUT2D eigenvalue weighted by Gasteiger charge is 2.26. The van der Waals surface area contributed by atoms with Gasteiger partial charge in [0, 0.05) is 24.2 Å². The summed E-state index contributed by atoms with van der Waals surface area (Å²) in [7, 11) is 0. The quantitative estimate of drug-likeness (QED) is 0.746. The molecule has 2 aliphatic rings. The van der Waals surface area contributed by atoms with E-state index >= 15 is 0 Å². The molecule has 2 aliphatic heterocycles. The summed E-state index contributed by atoms with van der Waals surface area (Å²) in [6, 6.07) is 11.3. The smallest absolute Gasteiger partial charge is 0.257 e. The van der Waals surface area contributed by atoms with E-state index in [4.69, 9.17) is 0 Å². The third-order valence-corrected chi connectivity index (χ3v) is 5.51. The van der Waals surface area contributed by atoms with Gasteiger partial charge in [0.05, 0.1) is 29.5 Å². The minimum absolute atomic E-state index is 0.0776. The highest BCUT2D eigenvalue weighted by atomic mass is 19.1. The highest BCUT2D eigenvalue weighted by Crippen LogP contribution is 2.27. The molecule has 28 heavy (non-hydrogen) atoms. The first-order chi connectivity index (χ1) is 13.6. The molecule has 1 aromatic carbocycles. The largest absolute Gasteiger partial charge is 0.348 e. The summed E-state index contributed by atoms with van der Waals surface area (Å²) in [5, 5.41) is 7.23. The lowest BCUT2D eigenvalue weighted by molar-refractivity contribution is 0.0638. The Morgan fingerprint density at radius 1 is 1.25 bits per heavy atom. The second-order valence-electron chi connectivity index (χ2n) is 7.31. The van der Waals surface area contributed by atoms with Crippen molar-refractivity contribution >= 4 is 17.3 Å². The van der Waals surface area contributed by atoms with Crippen LogP contribution in [0.15, 0.2) is 42.6 Å². The van der Waals surface area contributed by atoms with E-state index < -0.39 is 6.17 Å². The van der Waals surface area contributed by atoms with Crippen LogP contribution in [-0.4, -0.2) is 45.6 Å². The number of alkyl halides is 1. The molecule has 6 nitrogen and oxygen atoms in total. The lowest BCUT2D eigenvalue weighted by Crippen LogP contribution is -2.40. The molecule has 1 fully saturated rings. The zero-order valence-corrected chi connectivity index (χ0v) is 15.2. The maximum Gasteiger partial charge on any atom is 0.257 e. The molecule has 0 bridgehead atoms. The van der Waals surface area contributed by atoms with E-state index in [-0.39, 0.29) is 18.4 Å². The van der Waals surface area contributed by atoms with Crippen molar-refractivity contribution in [3.8, 4) is 11.3 Å². The number of fused-ring (bicyclic) bond motifs is 2. The minimum Gasteiger partial charge on any atom is -0.348 e. The molecule has 7 heteroatoms. The number of aromatic nitrogens is 2. The van der Waals surface area contributed by atoms with Crippen LogP contribution in [0.25, 0.3) is 16.8 Å². The van der Waals surface area contributed by atoms with Crippen LogP contribution in [0.3, 0.4) is 0 Å². The molecule has 0 saturated carbocycles. The fourth-order valence-corrected chi connectivity index (χ4v) is 4.05. The topological polar surface area (TPSA) is 66.7 Å². The van der Waals surface area contributed by atoms with Gasteiger partial charge in [-0.2, -0.15) is 5.10 Å². The fraction of sp³-hybridized carbons (Fsp3) is 0.286. The van der Waals surface area contributed by atoms with Crippen LogP contribution in [0.5, 0.6) is 0 Å². The van der Waals surface area contributed by atoms with Gasteiger partial charge in [0.1, 0.15) is 6.17 Å². The van der Waals surface area contributed by atoms with Gasteiger partial charge >= 0.3 is 0 Å². The zero-order valence-electron chi connectivity index (χ0n) is 15.2. The van der Waals surface area contributed by atoms with Gasteiger partial charge in [0.15, 0.2) is 0 Å². The second-order valence-corrected chi connectivity index (χ2v) is 7.31. The van der Waals surface area contributed by atoms with Crippen LogP contribution in [0.2, 0.25) is 0 Å². The number of likely N-dealkylation sites (tertiary alicyclic amines) is 1. The number of carbonyl (C=O) groups is 2. The molecule has 2 amide bonds. The van der Waals surface area contributed by atoms with Crippen LogP contribution in [0, 0.1) is 0 Å². The van der Waals surface area contributed by atoms with Crippen molar-refractivity contribution in [1.82, 2.24) is 19.8 Å². The minimum atomic E-state index is -0.965. The second kappa shape index (κ2) is 6.44. The molecule has 0 radical (unpaired) electrons. The van der Waals surface area contributed by atoms with Crippen LogP contribution < -0.4 is 5.32 Å². The molecule has 1 saturated heterocycles. The Morgan fingerprint density at radius 3 is 3.00 bits per heavy atom. The molecule has 3 aromatic rings. The van der Waals surface area contributed by atoms with E-state index in [2.05, 4.69) is 10.4 Å². The number of pyridine rings is 1. The van der Waals surface area contributed by atoms with E-state index in [9.17, 15) is 14.0 Å². The maximum absolute atomic E-state index is 13.7. The van der Waals surface area contributed by atoms with Crippen molar-refractivity contribution in [2.24, 2.45) is 0 Å². The molecular weight excluding hydrogens is 359 g/mol. The van der Waals surface area contributed by atoms with Crippen molar-refractivity contribution < 1.29 is 14.0 Å². The summed E-state index contributed by atoms with van der Waals surface area (Å²) < 4.78 is 15.4. The van der Waals surface area contributed by atoms with E-state index in [1.54, 1.807) is 15.6 Å². The Bertz CT molecular complexity index is 1110. The van der Waals surface area contributed by atoms with E-state index in [0.717, 1.165) is 16.8 Å². The monoisotopic (exact) mass is 378 g/mol. The Kier molecular flexibility index (Phi) is 3.89. The van der Waals surface area contributed by atoms with Gasteiger partial charge in [-0.3, -0.25) is 9.59 Å². The van der Waals surface area contributed by atoms with Gasteiger partial charge in [-0.25, -0.2) is 8.91 Å². The normalized spacial score (nSPS) is 19.0. The van der Waals surface area contributed by atoms with Crippen molar-refractivity contribution in [2.75, 3.05) is 13.1 Å². The summed E-state index contributed by atoms with van der Waals surface area (Å²) in [6.07, 6.45) is 1.76. The molecular formula is C21H19FN4O2.